The minimum Gasteiger partial charge on any atom is -0.483 e. The van der Waals surface area contributed by atoms with Gasteiger partial charge in [-0.2, -0.15) is 13.2 Å². The maximum absolute atomic E-state index is 13.3. The molecule has 0 fully saturated rings. The number of nitrogens with zero attached hydrogens (tertiary/aromatic N) is 2. The second-order valence-electron chi connectivity index (χ2n) is 4.51. The fraction of sp³-hybridized carbons (Fsp3) is 0.533. The number of carbonyl (C=O) groups is 1. The number of aromatic nitrogens is 1. The van der Waals surface area contributed by atoms with Gasteiger partial charge < -0.3 is 9.47 Å². The Morgan fingerprint density at radius 2 is 1.91 bits per heavy atom. The van der Waals surface area contributed by atoms with Crippen LogP contribution in [0.4, 0.5) is 18.9 Å². The van der Waals surface area contributed by atoms with E-state index >= 15 is 0 Å². The van der Waals surface area contributed by atoms with Crippen molar-refractivity contribution in [3.8, 4) is 0 Å². The Labute approximate surface area is 132 Å². The number of aliphatic imine (C=N–C) groups is 1. The fourth-order valence-electron chi connectivity index (χ4n) is 2.06. The van der Waals surface area contributed by atoms with E-state index in [0.717, 1.165) is 6.40 Å². The molecule has 0 saturated heterocycles. The molecule has 0 saturated carbocycles. The Morgan fingerprint density at radius 3 is 2.39 bits per heavy atom. The molecule has 1 aromatic rings. The molecule has 0 aliphatic heterocycles. The lowest BCUT2D eigenvalue weighted by Gasteiger charge is -2.17. The number of rotatable bonds is 6. The summed E-state index contributed by atoms with van der Waals surface area (Å²) >= 11 is 0. The van der Waals surface area contributed by atoms with E-state index < -0.39 is 23.4 Å². The molecule has 23 heavy (non-hydrogen) atoms. The van der Waals surface area contributed by atoms with E-state index in [-0.39, 0.29) is 30.0 Å². The third-order valence-electron chi connectivity index (χ3n) is 2.97. The van der Waals surface area contributed by atoms with E-state index in [1.807, 2.05) is 0 Å². The van der Waals surface area contributed by atoms with Gasteiger partial charge in [-0.05, 0) is 32.8 Å². The van der Waals surface area contributed by atoms with Crippen LogP contribution in [0.25, 0.3) is 0 Å². The van der Waals surface area contributed by atoms with Gasteiger partial charge in [0.2, 0.25) is 0 Å². The van der Waals surface area contributed by atoms with E-state index in [0.29, 0.717) is 6.61 Å². The van der Waals surface area contributed by atoms with E-state index in [2.05, 4.69) is 9.98 Å². The Balaban J connectivity index is 3.64. The van der Waals surface area contributed by atoms with Crippen molar-refractivity contribution in [2.45, 2.75) is 40.3 Å². The first-order valence-electron chi connectivity index (χ1n) is 7.19. The van der Waals surface area contributed by atoms with Crippen LogP contribution in [-0.4, -0.2) is 30.6 Å². The summed E-state index contributed by atoms with van der Waals surface area (Å²) < 4.78 is 49.5. The number of hydrogen-bond acceptors (Lipinski definition) is 5. The summed E-state index contributed by atoms with van der Waals surface area (Å²) in [6.45, 7) is 6.63. The molecule has 0 N–H and O–H groups in total. The molecule has 1 rings (SSSR count). The van der Waals surface area contributed by atoms with Crippen molar-refractivity contribution in [3.63, 3.8) is 0 Å². The zero-order valence-electron chi connectivity index (χ0n) is 13.5. The molecule has 0 unspecified atom stereocenters. The van der Waals surface area contributed by atoms with Gasteiger partial charge in [0.15, 0.2) is 12.1 Å². The van der Waals surface area contributed by atoms with Gasteiger partial charge >= 0.3 is 12.1 Å². The highest BCUT2D eigenvalue weighted by atomic mass is 19.4. The SMILES string of the molecule is CCOC=Nc1c(C)nc(C(F)(F)F)c(C(=O)OCC)c1CC. The first kappa shape index (κ1) is 18.9. The second kappa shape index (κ2) is 7.94. The van der Waals surface area contributed by atoms with Crippen LogP contribution < -0.4 is 0 Å². The zero-order chi connectivity index (χ0) is 17.6. The number of alkyl halides is 3. The van der Waals surface area contributed by atoms with Gasteiger partial charge in [0, 0.05) is 0 Å². The van der Waals surface area contributed by atoms with Crippen LogP contribution in [0.1, 0.15) is 48.1 Å². The van der Waals surface area contributed by atoms with E-state index in [1.54, 1.807) is 13.8 Å². The van der Waals surface area contributed by atoms with E-state index in [1.165, 1.54) is 13.8 Å². The monoisotopic (exact) mass is 332 g/mol. The van der Waals surface area contributed by atoms with Gasteiger partial charge in [-0.1, -0.05) is 6.92 Å². The summed E-state index contributed by atoms with van der Waals surface area (Å²) in [4.78, 5) is 19.6. The number of carbonyl (C=O) groups excluding carboxylic acids is 1. The van der Waals surface area contributed by atoms with Crippen LogP contribution in [0.15, 0.2) is 4.99 Å². The molecule has 0 spiro atoms. The molecule has 0 aliphatic rings. The molecular formula is C15H19F3N2O3. The number of pyridine rings is 1. The Kier molecular flexibility index (Phi) is 6.53. The average molecular weight is 332 g/mol. The third kappa shape index (κ3) is 4.43. The Hall–Kier alpha value is -2.12. The van der Waals surface area contributed by atoms with Crippen LogP contribution in [0, 0.1) is 6.92 Å². The number of aryl methyl sites for hydroxylation is 1. The van der Waals surface area contributed by atoms with Crippen LogP contribution in [0.5, 0.6) is 0 Å². The summed E-state index contributed by atoms with van der Waals surface area (Å²) in [6, 6.07) is 0. The van der Waals surface area contributed by atoms with Crippen molar-refractivity contribution in [1.29, 1.82) is 0 Å². The maximum Gasteiger partial charge on any atom is 0.434 e. The van der Waals surface area contributed by atoms with Gasteiger partial charge in [0.05, 0.1) is 30.2 Å². The fourth-order valence-corrected chi connectivity index (χ4v) is 2.06. The van der Waals surface area contributed by atoms with Gasteiger partial charge in [0.1, 0.15) is 0 Å². The molecule has 0 aromatic carbocycles. The molecule has 0 amide bonds. The smallest absolute Gasteiger partial charge is 0.434 e. The number of ether oxygens (including phenoxy) is 2. The lowest BCUT2D eigenvalue weighted by Crippen LogP contribution is -2.20. The molecular weight excluding hydrogens is 313 g/mol. The topological polar surface area (TPSA) is 60.8 Å². The summed E-state index contributed by atoms with van der Waals surface area (Å²) in [5.41, 5.74) is -1.44. The number of esters is 1. The molecule has 0 bridgehead atoms. The highest BCUT2D eigenvalue weighted by Gasteiger charge is 2.40. The summed E-state index contributed by atoms with van der Waals surface area (Å²) in [6.07, 6.45) is -3.47. The third-order valence-corrected chi connectivity index (χ3v) is 2.97. The molecule has 8 heteroatoms. The quantitative estimate of drug-likeness (QED) is 0.451. The van der Waals surface area contributed by atoms with Gasteiger partial charge in [0.25, 0.3) is 0 Å². The van der Waals surface area contributed by atoms with Gasteiger partial charge in [-0.3, -0.25) is 0 Å². The average Bonchev–Trinajstić information content (AvgIpc) is 2.47. The molecule has 5 nitrogen and oxygen atoms in total. The van der Waals surface area contributed by atoms with E-state index in [4.69, 9.17) is 9.47 Å². The predicted octanol–water partition coefficient (Wildman–Crippen LogP) is 3.84. The first-order valence-corrected chi connectivity index (χ1v) is 7.19. The predicted molar refractivity (Wildman–Crippen MR) is 79.1 cm³/mol. The van der Waals surface area contributed by atoms with Crippen LogP contribution in [0.3, 0.4) is 0 Å². The van der Waals surface area contributed by atoms with Crippen molar-refractivity contribution >= 4 is 18.1 Å². The zero-order valence-corrected chi connectivity index (χ0v) is 13.5. The van der Waals surface area contributed by atoms with Crippen LogP contribution in [-0.2, 0) is 22.1 Å². The Morgan fingerprint density at radius 1 is 1.26 bits per heavy atom. The van der Waals surface area contributed by atoms with E-state index in [9.17, 15) is 18.0 Å². The molecule has 1 aromatic heterocycles. The summed E-state index contributed by atoms with van der Waals surface area (Å²) in [5.74, 6) is -1.06. The van der Waals surface area contributed by atoms with Crippen molar-refractivity contribution in [1.82, 2.24) is 4.98 Å². The molecule has 128 valence electrons. The maximum atomic E-state index is 13.3. The molecule has 1 heterocycles. The molecule has 0 aliphatic carbocycles. The van der Waals surface area contributed by atoms with Crippen molar-refractivity contribution in [2.75, 3.05) is 13.2 Å². The van der Waals surface area contributed by atoms with Crippen molar-refractivity contribution in [3.05, 3.63) is 22.5 Å². The highest BCUT2D eigenvalue weighted by Crippen LogP contribution is 2.37. The van der Waals surface area contributed by atoms with Crippen molar-refractivity contribution in [2.24, 2.45) is 4.99 Å². The Bertz CT molecular complexity index is 599. The van der Waals surface area contributed by atoms with Gasteiger partial charge in [-0.25, -0.2) is 14.8 Å². The highest BCUT2D eigenvalue weighted by molar-refractivity contribution is 5.94. The lowest BCUT2D eigenvalue weighted by molar-refractivity contribution is -0.141. The number of hydrogen-bond donors (Lipinski definition) is 0. The first-order chi connectivity index (χ1) is 10.8. The van der Waals surface area contributed by atoms with Crippen LogP contribution >= 0.6 is 0 Å². The van der Waals surface area contributed by atoms with Crippen LogP contribution in [0.2, 0.25) is 0 Å². The lowest BCUT2D eigenvalue weighted by atomic mass is 10.00. The van der Waals surface area contributed by atoms with Gasteiger partial charge in [-0.15, -0.1) is 0 Å². The second-order valence-corrected chi connectivity index (χ2v) is 4.51. The summed E-state index contributed by atoms with van der Waals surface area (Å²) in [7, 11) is 0. The minimum absolute atomic E-state index is 0.0370. The standard InChI is InChI=1S/C15H19F3N2O3/c1-5-10-11(14(21)23-7-3)13(15(16,17)18)20-9(4)12(10)19-8-22-6-2/h8H,5-7H2,1-4H3. The normalized spacial score (nSPS) is 11.8. The molecule has 0 radical (unpaired) electrons. The minimum atomic E-state index is -4.76. The molecule has 0 atom stereocenters. The largest absolute Gasteiger partial charge is 0.483 e. The van der Waals surface area contributed by atoms with Crippen molar-refractivity contribution < 1.29 is 27.4 Å². The number of halogens is 3. The summed E-state index contributed by atoms with van der Waals surface area (Å²) in [5, 5.41) is 0.